The number of carbonyl (C=O) groups excluding carboxylic acids is 2. The van der Waals surface area contributed by atoms with Crippen LogP contribution in [-0.2, 0) is 9.59 Å². The number of likely N-dealkylation sites (tertiary alicyclic amines) is 1. The molecule has 0 aliphatic carbocycles. The van der Waals surface area contributed by atoms with Gasteiger partial charge < -0.3 is 15.5 Å². The molecule has 2 amide bonds. The highest BCUT2D eigenvalue weighted by Crippen LogP contribution is 2.25. The van der Waals surface area contributed by atoms with Crippen molar-refractivity contribution >= 4 is 44.9 Å². The van der Waals surface area contributed by atoms with Crippen LogP contribution in [0.15, 0.2) is 41.0 Å². The Labute approximate surface area is 188 Å². The lowest BCUT2D eigenvalue weighted by molar-refractivity contribution is -0.385. The van der Waals surface area contributed by atoms with E-state index in [0.717, 1.165) is 23.9 Å². The van der Waals surface area contributed by atoms with Gasteiger partial charge in [0.1, 0.15) is 5.82 Å². The Kier molecular flexibility index (Phi) is 7.69. The normalized spacial score (nSPS) is 16.5. The van der Waals surface area contributed by atoms with E-state index in [9.17, 15) is 19.7 Å². The van der Waals surface area contributed by atoms with Gasteiger partial charge in [-0.15, -0.1) is 0 Å². The number of carbonyl (C=O) groups is 2. The molecule has 1 aliphatic rings. The summed E-state index contributed by atoms with van der Waals surface area (Å²) in [6.45, 7) is 3.52. The van der Waals surface area contributed by atoms with Crippen molar-refractivity contribution in [2.75, 3.05) is 30.3 Å². The molecule has 2 heterocycles. The summed E-state index contributed by atoms with van der Waals surface area (Å²) in [7, 11) is 0. The van der Waals surface area contributed by atoms with E-state index in [1.54, 1.807) is 31.3 Å². The monoisotopic (exact) mass is 489 g/mol. The second kappa shape index (κ2) is 10.5. The minimum absolute atomic E-state index is 0.0250. The highest BCUT2D eigenvalue weighted by molar-refractivity contribution is 9.10. The zero-order chi connectivity index (χ0) is 22.4. The maximum absolute atomic E-state index is 12.6. The Balaban J connectivity index is 1.50. The quantitative estimate of drug-likeness (QED) is 0.451. The van der Waals surface area contributed by atoms with Gasteiger partial charge in [-0.3, -0.25) is 19.7 Å². The fraction of sp³-hybridized carbons (Fsp3) is 0.381. The molecule has 1 aliphatic heterocycles. The van der Waals surface area contributed by atoms with Gasteiger partial charge in [-0.1, -0.05) is 6.07 Å². The average Bonchev–Trinajstić information content (AvgIpc) is 2.75. The summed E-state index contributed by atoms with van der Waals surface area (Å²) in [5.41, 5.74) is 0.845. The van der Waals surface area contributed by atoms with Crippen LogP contribution in [0.3, 0.4) is 0 Å². The minimum Gasteiger partial charge on any atom is -0.326 e. The number of piperidine rings is 1. The van der Waals surface area contributed by atoms with Gasteiger partial charge in [0, 0.05) is 36.2 Å². The molecule has 1 saturated heterocycles. The van der Waals surface area contributed by atoms with Gasteiger partial charge in [-0.2, -0.15) is 0 Å². The van der Waals surface area contributed by atoms with Crippen LogP contribution in [0.2, 0.25) is 0 Å². The Morgan fingerprint density at radius 2 is 2.10 bits per heavy atom. The molecule has 1 aromatic heterocycles. The molecule has 2 aromatic rings. The maximum Gasteiger partial charge on any atom is 0.274 e. The van der Waals surface area contributed by atoms with Crippen LogP contribution in [-0.4, -0.2) is 46.3 Å². The lowest BCUT2D eigenvalue weighted by Crippen LogP contribution is -2.41. The van der Waals surface area contributed by atoms with Gasteiger partial charge in [0.05, 0.1) is 22.1 Å². The Bertz CT molecular complexity index is 967. The van der Waals surface area contributed by atoms with Crippen LogP contribution < -0.4 is 10.6 Å². The van der Waals surface area contributed by atoms with Crippen LogP contribution in [0.1, 0.15) is 24.8 Å². The van der Waals surface area contributed by atoms with Crippen LogP contribution in [0.25, 0.3) is 0 Å². The predicted octanol–water partition coefficient (Wildman–Crippen LogP) is 3.74. The third-order valence-corrected chi connectivity index (χ3v) is 5.76. The summed E-state index contributed by atoms with van der Waals surface area (Å²) in [6.07, 6.45) is 3.53. The Morgan fingerprint density at radius 3 is 2.81 bits per heavy atom. The summed E-state index contributed by atoms with van der Waals surface area (Å²) in [6, 6.07) is 8.17. The highest BCUT2D eigenvalue weighted by atomic mass is 79.9. The first-order valence-electron chi connectivity index (χ1n) is 10.0. The van der Waals surface area contributed by atoms with Gasteiger partial charge in [0.15, 0.2) is 0 Å². The third kappa shape index (κ3) is 6.31. The molecule has 0 bridgehead atoms. The zero-order valence-corrected chi connectivity index (χ0v) is 18.7. The van der Waals surface area contributed by atoms with E-state index in [4.69, 9.17) is 0 Å². The first-order chi connectivity index (χ1) is 14.8. The number of rotatable bonds is 7. The molecule has 9 nitrogen and oxygen atoms in total. The zero-order valence-electron chi connectivity index (χ0n) is 17.1. The van der Waals surface area contributed by atoms with Crippen molar-refractivity contribution in [3.8, 4) is 0 Å². The molecule has 1 atom stereocenters. The fourth-order valence-electron chi connectivity index (χ4n) is 3.58. The fourth-order valence-corrected chi connectivity index (χ4v) is 3.81. The first-order valence-corrected chi connectivity index (χ1v) is 10.8. The smallest absolute Gasteiger partial charge is 0.274 e. The lowest BCUT2D eigenvalue weighted by atomic mass is 9.97. The third-order valence-electron chi connectivity index (χ3n) is 5.29. The summed E-state index contributed by atoms with van der Waals surface area (Å²) in [5.74, 6) is 0.0590. The summed E-state index contributed by atoms with van der Waals surface area (Å²) in [4.78, 5) is 41.8. The van der Waals surface area contributed by atoms with Crippen LogP contribution >= 0.6 is 15.9 Å². The van der Waals surface area contributed by atoms with E-state index in [2.05, 4.69) is 36.4 Å². The van der Waals surface area contributed by atoms with Crippen molar-refractivity contribution in [2.24, 2.45) is 5.92 Å². The summed E-state index contributed by atoms with van der Waals surface area (Å²) in [5, 5.41) is 16.7. The standard InChI is InChI=1S/C21H24BrN5O4/c1-14-17(5-2-6-18(14)27(30)31)24-20(28)9-11-26-10-3-4-15(13-26)21(29)25-19-8-7-16(22)12-23-19/h2,5-8,12,15H,3-4,9-11,13H2,1H3,(H,24,28)(H,23,25,29). The van der Waals surface area contributed by atoms with E-state index in [1.165, 1.54) is 6.07 Å². The van der Waals surface area contributed by atoms with Crippen molar-refractivity contribution in [2.45, 2.75) is 26.2 Å². The van der Waals surface area contributed by atoms with Crippen molar-refractivity contribution in [1.82, 2.24) is 9.88 Å². The predicted molar refractivity (Wildman–Crippen MR) is 121 cm³/mol. The molecule has 164 valence electrons. The molecule has 1 aromatic carbocycles. The first kappa shape index (κ1) is 22.8. The number of amides is 2. The number of hydrogen-bond acceptors (Lipinski definition) is 6. The number of nitro benzene ring substituents is 1. The second-order valence-corrected chi connectivity index (χ2v) is 8.41. The molecule has 1 fully saturated rings. The lowest BCUT2D eigenvalue weighted by Gasteiger charge is -2.31. The molecule has 10 heteroatoms. The van der Waals surface area contributed by atoms with Crippen molar-refractivity contribution in [3.63, 3.8) is 0 Å². The van der Waals surface area contributed by atoms with Gasteiger partial charge >= 0.3 is 0 Å². The Morgan fingerprint density at radius 1 is 1.29 bits per heavy atom. The highest BCUT2D eigenvalue weighted by Gasteiger charge is 2.26. The maximum atomic E-state index is 12.6. The number of nitrogens with one attached hydrogen (secondary N) is 2. The summed E-state index contributed by atoms with van der Waals surface area (Å²) >= 11 is 3.32. The number of anilines is 2. The van der Waals surface area contributed by atoms with E-state index in [-0.39, 0.29) is 29.8 Å². The van der Waals surface area contributed by atoms with E-state index in [1.807, 2.05) is 6.07 Å². The molecule has 0 spiro atoms. The molecule has 3 rings (SSSR count). The molecular formula is C21H24BrN5O4. The molecule has 1 unspecified atom stereocenters. The number of nitro groups is 1. The minimum atomic E-state index is -0.465. The SMILES string of the molecule is Cc1c(NC(=O)CCN2CCCC(C(=O)Nc3ccc(Br)cn3)C2)cccc1[N+](=O)[O-]. The summed E-state index contributed by atoms with van der Waals surface area (Å²) < 4.78 is 0.841. The second-order valence-electron chi connectivity index (χ2n) is 7.50. The van der Waals surface area contributed by atoms with Crippen LogP contribution in [0, 0.1) is 23.0 Å². The van der Waals surface area contributed by atoms with Crippen LogP contribution in [0.4, 0.5) is 17.2 Å². The number of pyridine rings is 1. The number of aromatic nitrogens is 1. The average molecular weight is 490 g/mol. The molecule has 31 heavy (non-hydrogen) atoms. The van der Waals surface area contributed by atoms with E-state index < -0.39 is 4.92 Å². The number of hydrogen-bond donors (Lipinski definition) is 2. The molecule has 0 radical (unpaired) electrons. The number of benzene rings is 1. The van der Waals surface area contributed by atoms with Gasteiger partial charge in [0.2, 0.25) is 11.8 Å². The van der Waals surface area contributed by atoms with Gasteiger partial charge in [-0.05, 0) is 60.4 Å². The van der Waals surface area contributed by atoms with Crippen molar-refractivity contribution in [1.29, 1.82) is 0 Å². The van der Waals surface area contributed by atoms with Gasteiger partial charge in [-0.25, -0.2) is 4.98 Å². The molecular weight excluding hydrogens is 466 g/mol. The van der Waals surface area contributed by atoms with Gasteiger partial charge in [0.25, 0.3) is 5.69 Å². The number of nitrogens with zero attached hydrogens (tertiary/aromatic N) is 3. The largest absolute Gasteiger partial charge is 0.326 e. The molecule has 2 N–H and O–H groups in total. The topological polar surface area (TPSA) is 117 Å². The van der Waals surface area contributed by atoms with Crippen LogP contribution in [0.5, 0.6) is 0 Å². The van der Waals surface area contributed by atoms with E-state index >= 15 is 0 Å². The van der Waals surface area contributed by atoms with E-state index in [0.29, 0.717) is 30.2 Å². The van der Waals surface area contributed by atoms with Crippen molar-refractivity contribution in [3.05, 3.63) is 56.7 Å². The molecule has 0 saturated carbocycles. The number of halogens is 1. The Hall–Kier alpha value is -2.85. The van der Waals surface area contributed by atoms with Crippen molar-refractivity contribution < 1.29 is 14.5 Å².